The molecule has 0 fully saturated rings. The number of nitrogens with one attached hydrogen (secondary N) is 1. The molecule has 0 spiro atoms. The van der Waals surface area contributed by atoms with Crippen molar-refractivity contribution in [2.45, 2.75) is 82.8 Å². The van der Waals surface area contributed by atoms with E-state index in [1.165, 1.54) is 44.9 Å². The quantitative estimate of drug-likeness (QED) is 0.105. The number of aliphatic carboxylic acids is 1. The highest BCUT2D eigenvalue weighted by Crippen LogP contribution is 2.10. The third-order valence-corrected chi connectivity index (χ3v) is 6.01. The summed E-state index contributed by atoms with van der Waals surface area (Å²) in [4.78, 5) is 34.0. The van der Waals surface area contributed by atoms with Crippen LogP contribution in [0.15, 0.2) is 0 Å². The van der Waals surface area contributed by atoms with E-state index in [0.29, 0.717) is 19.6 Å². The molecule has 34 heavy (non-hydrogen) atoms. The number of unbranched alkanes of at least 4 members (excludes halogenated alkanes) is 8. The largest absolute Gasteiger partial charge is 0.480 e. The molecule has 1 unspecified atom stereocenters. The van der Waals surface area contributed by atoms with E-state index in [1.54, 1.807) is 0 Å². The van der Waals surface area contributed by atoms with Crippen molar-refractivity contribution in [3.63, 3.8) is 0 Å². The van der Waals surface area contributed by atoms with Crippen LogP contribution in [0.1, 0.15) is 77.6 Å². The Balaban J connectivity index is 3.49. The Labute approximate surface area is 202 Å². The summed E-state index contributed by atoms with van der Waals surface area (Å²) in [6.07, 6.45) is 10.4. The van der Waals surface area contributed by atoms with Gasteiger partial charge in [-0.05, 0) is 6.42 Å². The lowest BCUT2D eigenvalue weighted by atomic mass is 10.1. The monoisotopic (exact) mass is 511 g/mol. The van der Waals surface area contributed by atoms with Crippen molar-refractivity contribution >= 4 is 28.0 Å². The van der Waals surface area contributed by atoms with E-state index in [0.717, 1.165) is 12.8 Å². The van der Waals surface area contributed by atoms with Crippen molar-refractivity contribution in [1.29, 1.82) is 0 Å². The minimum absolute atomic E-state index is 0.00812. The molecule has 1 atom stereocenters. The second-order valence-corrected chi connectivity index (χ2v) is 9.52. The van der Waals surface area contributed by atoms with Gasteiger partial charge in [0.25, 0.3) is 10.1 Å². The number of ether oxygens (including phenoxy) is 3. The number of carbonyl (C=O) groups is 3. The van der Waals surface area contributed by atoms with Crippen LogP contribution in [0.25, 0.3) is 0 Å². The Morgan fingerprint density at radius 2 is 1.35 bits per heavy atom. The summed E-state index contributed by atoms with van der Waals surface area (Å²) in [6.45, 7) is 3.25. The number of rotatable bonds is 23. The van der Waals surface area contributed by atoms with Crippen LogP contribution in [-0.4, -0.2) is 80.8 Å². The number of esters is 1. The highest BCUT2D eigenvalue weighted by molar-refractivity contribution is 7.87. The minimum atomic E-state index is -4.90. The van der Waals surface area contributed by atoms with Crippen molar-refractivity contribution in [2.75, 3.05) is 39.6 Å². The fraction of sp³-hybridized carbons (Fsp3) is 0.864. The lowest BCUT2D eigenvalue weighted by Gasteiger charge is -2.10. The van der Waals surface area contributed by atoms with Gasteiger partial charge in [0, 0.05) is 13.0 Å². The van der Waals surface area contributed by atoms with Gasteiger partial charge in [0.15, 0.2) is 5.25 Å². The van der Waals surface area contributed by atoms with Gasteiger partial charge in [-0.3, -0.25) is 18.9 Å². The van der Waals surface area contributed by atoms with Gasteiger partial charge >= 0.3 is 11.9 Å². The first kappa shape index (κ1) is 32.2. The van der Waals surface area contributed by atoms with Gasteiger partial charge in [0.05, 0.1) is 32.8 Å². The van der Waals surface area contributed by atoms with Crippen molar-refractivity contribution in [3.8, 4) is 0 Å². The molecule has 0 bridgehead atoms. The second-order valence-electron chi connectivity index (χ2n) is 7.92. The molecular formula is C22H41NO10S. The summed E-state index contributed by atoms with van der Waals surface area (Å²) in [5.74, 6) is -2.90. The Bertz CT molecular complexity index is 669. The fourth-order valence-corrected chi connectivity index (χ4v) is 3.62. The molecule has 0 aliphatic carbocycles. The van der Waals surface area contributed by atoms with E-state index in [9.17, 15) is 22.8 Å². The Morgan fingerprint density at radius 1 is 0.824 bits per heavy atom. The third-order valence-electron chi connectivity index (χ3n) is 4.93. The standard InChI is InChI=1S/C22H41NO10S/c1-2-3-4-5-6-7-8-9-10-11-20(24)23-12-13-31-14-15-32-16-17-33-21(25)18-19(22(26)27)34(28,29)30/h19H,2-18H2,1H3,(H,23,24)(H,26,27)(H,28,29,30). The number of carboxylic acid groups (broad SMARTS) is 1. The van der Waals surface area contributed by atoms with Gasteiger partial charge in [-0.2, -0.15) is 8.42 Å². The summed E-state index contributed by atoms with van der Waals surface area (Å²) in [5.41, 5.74) is 0. The SMILES string of the molecule is CCCCCCCCCCCC(=O)NCCOCCOCCOC(=O)CC(C(=O)O)S(=O)(=O)O. The molecule has 0 aromatic heterocycles. The molecule has 200 valence electrons. The van der Waals surface area contributed by atoms with E-state index in [4.69, 9.17) is 19.1 Å². The normalized spacial score (nSPS) is 12.3. The number of amides is 1. The molecule has 0 heterocycles. The molecule has 0 rings (SSSR count). The molecule has 0 saturated heterocycles. The average molecular weight is 512 g/mol. The van der Waals surface area contributed by atoms with E-state index >= 15 is 0 Å². The van der Waals surface area contributed by atoms with Crippen LogP contribution < -0.4 is 5.32 Å². The molecule has 0 radical (unpaired) electrons. The summed E-state index contributed by atoms with van der Waals surface area (Å²) in [6, 6.07) is 0. The van der Waals surface area contributed by atoms with Gasteiger partial charge < -0.3 is 24.6 Å². The smallest absolute Gasteiger partial charge is 0.325 e. The molecule has 11 nitrogen and oxygen atoms in total. The highest BCUT2D eigenvalue weighted by Gasteiger charge is 2.33. The van der Waals surface area contributed by atoms with Crippen molar-refractivity contribution < 1.29 is 46.7 Å². The Morgan fingerprint density at radius 3 is 1.91 bits per heavy atom. The van der Waals surface area contributed by atoms with E-state index in [-0.39, 0.29) is 32.3 Å². The van der Waals surface area contributed by atoms with Crippen LogP contribution in [0, 0.1) is 0 Å². The Kier molecular flexibility index (Phi) is 19.5. The summed E-state index contributed by atoms with van der Waals surface area (Å²) in [5, 5.41) is 9.24. The molecule has 0 saturated carbocycles. The zero-order chi connectivity index (χ0) is 25.7. The lowest BCUT2D eigenvalue weighted by molar-refractivity contribution is -0.148. The molecule has 0 aliphatic rings. The minimum Gasteiger partial charge on any atom is -0.480 e. The van der Waals surface area contributed by atoms with Gasteiger partial charge in [0.1, 0.15) is 6.61 Å². The molecular weight excluding hydrogens is 470 g/mol. The van der Waals surface area contributed by atoms with Gasteiger partial charge in [0.2, 0.25) is 5.91 Å². The zero-order valence-electron chi connectivity index (χ0n) is 20.2. The fourth-order valence-electron chi connectivity index (χ4n) is 3.01. The number of carboxylic acids is 1. The van der Waals surface area contributed by atoms with Gasteiger partial charge in [-0.25, -0.2) is 0 Å². The molecule has 12 heteroatoms. The topological polar surface area (TPSA) is 166 Å². The van der Waals surface area contributed by atoms with Gasteiger partial charge in [-0.15, -0.1) is 0 Å². The molecule has 0 aromatic rings. The number of hydrogen-bond acceptors (Lipinski definition) is 8. The summed E-state index contributed by atoms with van der Waals surface area (Å²) in [7, 11) is -4.90. The predicted molar refractivity (Wildman–Crippen MR) is 125 cm³/mol. The predicted octanol–water partition coefficient (Wildman–Crippen LogP) is 2.33. The van der Waals surface area contributed by atoms with Crippen LogP contribution in [0.5, 0.6) is 0 Å². The summed E-state index contributed by atoms with van der Waals surface area (Å²) >= 11 is 0. The average Bonchev–Trinajstić information content (AvgIpc) is 2.76. The molecule has 0 aliphatic heterocycles. The van der Waals surface area contributed by atoms with Crippen LogP contribution in [-0.2, 0) is 38.7 Å². The first-order valence-electron chi connectivity index (χ1n) is 11.9. The van der Waals surface area contributed by atoms with Crippen LogP contribution in [0.4, 0.5) is 0 Å². The first-order valence-corrected chi connectivity index (χ1v) is 13.5. The number of hydrogen-bond donors (Lipinski definition) is 3. The van der Waals surface area contributed by atoms with Crippen molar-refractivity contribution in [2.24, 2.45) is 0 Å². The van der Waals surface area contributed by atoms with Crippen molar-refractivity contribution in [1.82, 2.24) is 5.32 Å². The second kappa shape index (κ2) is 20.6. The maximum Gasteiger partial charge on any atom is 0.325 e. The number of carbonyl (C=O) groups excluding carboxylic acids is 2. The third kappa shape index (κ3) is 19.7. The zero-order valence-corrected chi connectivity index (χ0v) is 21.0. The van der Waals surface area contributed by atoms with Gasteiger partial charge in [-0.1, -0.05) is 58.3 Å². The molecule has 0 aromatic carbocycles. The lowest BCUT2D eigenvalue weighted by Crippen LogP contribution is -2.32. The van der Waals surface area contributed by atoms with E-state index in [1.807, 2.05) is 0 Å². The van der Waals surface area contributed by atoms with Crippen LogP contribution in [0.2, 0.25) is 0 Å². The Hall–Kier alpha value is -1.76. The highest BCUT2D eigenvalue weighted by atomic mass is 32.2. The molecule has 1 amide bonds. The van der Waals surface area contributed by atoms with Crippen molar-refractivity contribution in [3.05, 3.63) is 0 Å². The maximum absolute atomic E-state index is 11.8. The van der Waals surface area contributed by atoms with Crippen LogP contribution >= 0.6 is 0 Å². The maximum atomic E-state index is 11.8. The first-order chi connectivity index (χ1) is 16.2. The van der Waals surface area contributed by atoms with E-state index in [2.05, 4.69) is 17.0 Å². The van der Waals surface area contributed by atoms with E-state index < -0.39 is 33.7 Å². The summed E-state index contributed by atoms with van der Waals surface area (Å²) < 4.78 is 45.7. The van der Waals surface area contributed by atoms with Crippen LogP contribution in [0.3, 0.4) is 0 Å². The molecule has 3 N–H and O–H groups in total.